The number of hydrazine groups is 1. The van der Waals surface area contributed by atoms with Gasteiger partial charge in [0.05, 0.1) is 11.4 Å². The summed E-state index contributed by atoms with van der Waals surface area (Å²) in [6, 6.07) is 19.1. The van der Waals surface area contributed by atoms with Crippen LogP contribution in [0.5, 0.6) is 0 Å². The highest BCUT2D eigenvalue weighted by molar-refractivity contribution is 7.92. The van der Waals surface area contributed by atoms with Crippen molar-refractivity contribution in [3.05, 3.63) is 72.3 Å². The molecule has 0 saturated carbocycles. The zero-order valence-electron chi connectivity index (χ0n) is 15.1. The molecule has 144 valence electrons. The van der Waals surface area contributed by atoms with E-state index in [0.29, 0.717) is 22.8 Å². The number of hydrogen-bond acceptors (Lipinski definition) is 6. The Kier molecular flexibility index (Phi) is 5.85. The van der Waals surface area contributed by atoms with Gasteiger partial charge in [-0.2, -0.15) is 0 Å². The van der Waals surface area contributed by atoms with Crippen LogP contribution in [-0.2, 0) is 10.0 Å². The number of rotatable bonds is 7. The summed E-state index contributed by atoms with van der Waals surface area (Å²) in [6.45, 7) is 1.57. The third kappa shape index (κ3) is 5.04. The highest BCUT2D eigenvalue weighted by Crippen LogP contribution is 2.20. The first-order valence-corrected chi connectivity index (χ1v) is 10.2. The molecule has 0 unspecified atom stereocenters. The van der Waals surface area contributed by atoms with E-state index in [1.165, 1.54) is 0 Å². The van der Waals surface area contributed by atoms with Gasteiger partial charge in [-0.3, -0.25) is 20.4 Å². The van der Waals surface area contributed by atoms with Crippen LogP contribution in [0.2, 0.25) is 0 Å². The molecule has 28 heavy (non-hydrogen) atoms. The quantitative estimate of drug-likeness (QED) is 0.528. The summed E-state index contributed by atoms with van der Waals surface area (Å²) in [5.74, 6) is 0.118. The number of carbonyl (C=O) groups is 1. The van der Waals surface area contributed by atoms with Crippen LogP contribution in [0.1, 0.15) is 17.3 Å². The zero-order chi connectivity index (χ0) is 20.0. The summed E-state index contributed by atoms with van der Waals surface area (Å²) in [4.78, 5) is 12.0. The highest BCUT2D eigenvalue weighted by atomic mass is 32.2. The molecule has 0 radical (unpaired) electrons. The summed E-state index contributed by atoms with van der Waals surface area (Å²) in [5, 5.41) is 8.15. The number of aromatic nitrogens is 2. The Labute approximate surface area is 163 Å². The van der Waals surface area contributed by atoms with Crippen LogP contribution in [0, 0.1) is 0 Å². The lowest BCUT2D eigenvalue weighted by atomic mass is 10.1. The fourth-order valence-corrected chi connectivity index (χ4v) is 2.94. The predicted octanol–water partition coefficient (Wildman–Crippen LogP) is 2.66. The van der Waals surface area contributed by atoms with Crippen molar-refractivity contribution >= 4 is 27.4 Å². The number of carbonyl (C=O) groups excluding carboxylic acids is 1. The number of benzene rings is 2. The molecule has 1 amide bonds. The lowest BCUT2D eigenvalue weighted by Crippen LogP contribution is -2.29. The van der Waals surface area contributed by atoms with E-state index in [1.807, 2.05) is 6.07 Å². The fourth-order valence-electron chi connectivity index (χ4n) is 2.30. The van der Waals surface area contributed by atoms with Crippen molar-refractivity contribution in [2.45, 2.75) is 6.92 Å². The molecular weight excluding hydrogens is 378 g/mol. The standard InChI is InChI=1S/C19H19N5O3S/c1-2-28(26,27)24-16-10-8-14(9-11-16)17-12-13-18(21-20-17)22-23-19(25)15-6-4-3-5-7-15/h3-13,24H,2H2,1H3,(H,21,22)(H,23,25). The molecule has 0 fully saturated rings. The number of hydrogen-bond donors (Lipinski definition) is 3. The summed E-state index contributed by atoms with van der Waals surface area (Å²) in [7, 11) is -3.31. The van der Waals surface area contributed by atoms with Gasteiger partial charge in [0, 0.05) is 16.8 Å². The van der Waals surface area contributed by atoms with Gasteiger partial charge < -0.3 is 0 Å². The van der Waals surface area contributed by atoms with Gasteiger partial charge >= 0.3 is 0 Å². The lowest BCUT2D eigenvalue weighted by molar-refractivity contribution is 0.0962. The second kappa shape index (κ2) is 8.49. The first-order valence-electron chi connectivity index (χ1n) is 8.53. The second-order valence-corrected chi connectivity index (χ2v) is 7.84. The van der Waals surface area contributed by atoms with Gasteiger partial charge in [0.25, 0.3) is 5.91 Å². The number of amides is 1. The van der Waals surface area contributed by atoms with Crippen molar-refractivity contribution < 1.29 is 13.2 Å². The van der Waals surface area contributed by atoms with Crippen LogP contribution in [0.3, 0.4) is 0 Å². The number of anilines is 2. The van der Waals surface area contributed by atoms with Gasteiger partial charge in [0.15, 0.2) is 5.82 Å². The van der Waals surface area contributed by atoms with Crippen molar-refractivity contribution in [2.75, 3.05) is 15.9 Å². The molecule has 0 atom stereocenters. The maximum absolute atomic E-state index is 12.0. The minimum absolute atomic E-state index is 0.00942. The van der Waals surface area contributed by atoms with Crippen molar-refractivity contribution in [3.63, 3.8) is 0 Å². The van der Waals surface area contributed by atoms with E-state index in [9.17, 15) is 13.2 Å². The minimum Gasteiger partial charge on any atom is -0.284 e. The van der Waals surface area contributed by atoms with Gasteiger partial charge in [-0.1, -0.05) is 30.3 Å². The molecule has 2 aromatic carbocycles. The van der Waals surface area contributed by atoms with Gasteiger partial charge in [-0.15, -0.1) is 10.2 Å². The Hall–Kier alpha value is -3.46. The van der Waals surface area contributed by atoms with E-state index in [-0.39, 0.29) is 11.7 Å². The first-order chi connectivity index (χ1) is 13.5. The van der Waals surface area contributed by atoms with Crippen molar-refractivity contribution in [3.8, 4) is 11.3 Å². The topological polar surface area (TPSA) is 113 Å². The SMILES string of the molecule is CCS(=O)(=O)Nc1ccc(-c2ccc(NNC(=O)c3ccccc3)nn2)cc1. The summed E-state index contributed by atoms with van der Waals surface area (Å²) in [5.41, 5.74) is 7.68. The molecule has 3 rings (SSSR count). The summed E-state index contributed by atoms with van der Waals surface area (Å²) < 4.78 is 25.7. The van der Waals surface area contributed by atoms with Gasteiger partial charge in [0.2, 0.25) is 10.0 Å². The summed E-state index contributed by atoms with van der Waals surface area (Å²) >= 11 is 0. The van der Waals surface area contributed by atoms with Crippen LogP contribution in [0.25, 0.3) is 11.3 Å². The van der Waals surface area contributed by atoms with Crippen LogP contribution in [0.15, 0.2) is 66.7 Å². The molecule has 9 heteroatoms. The molecular formula is C19H19N5O3S. The van der Waals surface area contributed by atoms with E-state index in [1.54, 1.807) is 67.6 Å². The number of sulfonamides is 1. The van der Waals surface area contributed by atoms with E-state index < -0.39 is 10.0 Å². The Morgan fingerprint density at radius 1 is 0.929 bits per heavy atom. The molecule has 0 aliphatic carbocycles. The number of nitrogens with zero attached hydrogens (tertiary/aromatic N) is 2. The largest absolute Gasteiger partial charge is 0.284 e. The molecule has 1 heterocycles. The zero-order valence-corrected chi connectivity index (χ0v) is 15.9. The molecule has 0 aliphatic rings. The van der Waals surface area contributed by atoms with E-state index in [0.717, 1.165) is 5.56 Å². The average Bonchev–Trinajstić information content (AvgIpc) is 2.73. The molecule has 1 aromatic heterocycles. The van der Waals surface area contributed by atoms with Crippen molar-refractivity contribution in [1.29, 1.82) is 0 Å². The highest BCUT2D eigenvalue weighted by Gasteiger charge is 2.08. The predicted molar refractivity (Wildman–Crippen MR) is 108 cm³/mol. The second-order valence-electron chi connectivity index (χ2n) is 5.83. The first kappa shape index (κ1) is 19.3. The maximum Gasteiger partial charge on any atom is 0.269 e. The minimum atomic E-state index is -3.31. The van der Waals surface area contributed by atoms with E-state index in [4.69, 9.17) is 0 Å². The van der Waals surface area contributed by atoms with Crippen molar-refractivity contribution in [2.24, 2.45) is 0 Å². The Bertz CT molecular complexity index is 1040. The Morgan fingerprint density at radius 3 is 2.25 bits per heavy atom. The molecule has 8 nitrogen and oxygen atoms in total. The molecule has 0 saturated heterocycles. The average molecular weight is 397 g/mol. The van der Waals surface area contributed by atoms with Crippen LogP contribution >= 0.6 is 0 Å². The third-order valence-electron chi connectivity index (χ3n) is 3.84. The van der Waals surface area contributed by atoms with Crippen molar-refractivity contribution in [1.82, 2.24) is 15.6 Å². The molecule has 3 N–H and O–H groups in total. The lowest BCUT2D eigenvalue weighted by Gasteiger charge is -2.08. The van der Waals surface area contributed by atoms with Crippen LogP contribution in [-0.4, -0.2) is 30.3 Å². The van der Waals surface area contributed by atoms with Gasteiger partial charge in [-0.05, 0) is 43.3 Å². The fraction of sp³-hybridized carbons (Fsp3) is 0.105. The van der Waals surface area contributed by atoms with Crippen LogP contribution in [0.4, 0.5) is 11.5 Å². The molecule has 0 spiro atoms. The number of nitrogens with one attached hydrogen (secondary N) is 3. The van der Waals surface area contributed by atoms with Crippen LogP contribution < -0.4 is 15.6 Å². The van der Waals surface area contributed by atoms with Gasteiger partial charge in [0.1, 0.15) is 0 Å². The summed E-state index contributed by atoms with van der Waals surface area (Å²) in [6.07, 6.45) is 0. The molecule has 0 aliphatic heterocycles. The third-order valence-corrected chi connectivity index (χ3v) is 5.15. The van der Waals surface area contributed by atoms with E-state index in [2.05, 4.69) is 25.8 Å². The molecule has 0 bridgehead atoms. The molecule has 3 aromatic rings. The van der Waals surface area contributed by atoms with E-state index >= 15 is 0 Å². The smallest absolute Gasteiger partial charge is 0.269 e. The van der Waals surface area contributed by atoms with Gasteiger partial charge in [-0.25, -0.2) is 8.42 Å². The Balaban J connectivity index is 1.62. The maximum atomic E-state index is 12.0. The Morgan fingerprint density at radius 2 is 1.64 bits per heavy atom. The monoisotopic (exact) mass is 397 g/mol. The normalized spacial score (nSPS) is 10.9.